The zero-order chi connectivity index (χ0) is 21.2. The molecule has 0 aromatic heterocycles. The van der Waals surface area contributed by atoms with Gasteiger partial charge in [-0.1, -0.05) is 19.1 Å². The number of carbonyl (C=O) groups excluding carboxylic acids is 1. The molecule has 0 saturated carbocycles. The number of aryl methyl sites for hydroxylation is 1. The van der Waals surface area contributed by atoms with Crippen LogP contribution < -0.4 is 15.4 Å². The standard InChI is InChI=1S/C22H37N5O2/c1-6-27-13-7-8-19(27)15-24-22(25-16-21(28)26(3)4)23-12-11-18-10-9-17(2)20(14-18)29-5/h9-10,14,19H,6-8,11-13,15-16H2,1-5H3,(H2,23,24,25). The van der Waals surface area contributed by atoms with Gasteiger partial charge >= 0.3 is 0 Å². The van der Waals surface area contributed by atoms with Crippen molar-refractivity contribution in [3.05, 3.63) is 29.3 Å². The van der Waals surface area contributed by atoms with Gasteiger partial charge < -0.3 is 20.3 Å². The fourth-order valence-corrected chi connectivity index (χ4v) is 3.56. The van der Waals surface area contributed by atoms with Gasteiger partial charge in [0.15, 0.2) is 5.96 Å². The van der Waals surface area contributed by atoms with Crippen molar-refractivity contribution < 1.29 is 9.53 Å². The van der Waals surface area contributed by atoms with Crippen LogP contribution in [0.25, 0.3) is 0 Å². The zero-order valence-electron chi connectivity index (χ0n) is 18.6. The van der Waals surface area contributed by atoms with Crippen LogP contribution in [0.15, 0.2) is 23.2 Å². The van der Waals surface area contributed by atoms with E-state index in [2.05, 4.69) is 45.6 Å². The van der Waals surface area contributed by atoms with Crippen LogP contribution in [0.1, 0.15) is 30.9 Å². The Kier molecular flexibility index (Phi) is 9.25. The number of ether oxygens (including phenoxy) is 1. The molecule has 162 valence electrons. The van der Waals surface area contributed by atoms with Crippen molar-refractivity contribution in [2.75, 3.05) is 53.9 Å². The molecule has 1 heterocycles. The number of likely N-dealkylation sites (tertiary alicyclic amines) is 1. The molecule has 0 bridgehead atoms. The van der Waals surface area contributed by atoms with Gasteiger partial charge in [-0.25, -0.2) is 4.99 Å². The molecule has 0 spiro atoms. The summed E-state index contributed by atoms with van der Waals surface area (Å²) < 4.78 is 5.41. The van der Waals surface area contributed by atoms with E-state index in [-0.39, 0.29) is 12.5 Å². The quantitative estimate of drug-likeness (QED) is 0.485. The van der Waals surface area contributed by atoms with E-state index in [1.165, 1.54) is 18.4 Å². The lowest BCUT2D eigenvalue weighted by atomic mass is 10.1. The minimum absolute atomic E-state index is 0.00887. The molecule has 0 radical (unpaired) electrons. The molecular weight excluding hydrogens is 366 g/mol. The van der Waals surface area contributed by atoms with E-state index >= 15 is 0 Å². The predicted octanol–water partition coefficient (Wildman–Crippen LogP) is 1.65. The first-order valence-electron chi connectivity index (χ1n) is 10.5. The molecule has 0 aliphatic carbocycles. The zero-order valence-corrected chi connectivity index (χ0v) is 18.6. The Morgan fingerprint density at radius 3 is 2.83 bits per heavy atom. The number of carbonyl (C=O) groups is 1. The van der Waals surface area contributed by atoms with Crippen LogP contribution in [-0.4, -0.2) is 81.6 Å². The summed E-state index contributed by atoms with van der Waals surface area (Å²) >= 11 is 0. The first-order valence-corrected chi connectivity index (χ1v) is 10.5. The highest BCUT2D eigenvalue weighted by molar-refractivity contribution is 5.84. The number of hydrogen-bond acceptors (Lipinski definition) is 4. The number of guanidine groups is 1. The lowest BCUT2D eigenvalue weighted by Crippen LogP contribution is -2.45. The van der Waals surface area contributed by atoms with Gasteiger partial charge in [-0.15, -0.1) is 0 Å². The molecule has 2 N–H and O–H groups in total. The second-order valence-electron chi connectivity index (χ2n) is 7.74. The third-order valence-electron chi connectivity index (χ3n) is 5.46. The number of amides is 1. The van der Waals surface area contributed by atoms with Gasteiger partial charge in [-0.3, -0.25) is 9.69 Å². The van der Waals surface area contributed by atoms with Crippen molar-refractivity contribution in [1.29, 1.82) is 0 Å². The van der Waals surface area contributed by atoms with E-state index in [1.54, 1.807) is 26.1 Å². The third kappa shape index (κ3) is 7.24. The first kappa shape index (κ1) is 23.0. The molecule has 1 fully saturated rings. The largest absolute Gasteiger partial charge is 0.496 e. The Morgan fingerprint density at radius 1 is 1.34 bits per heavy atom. The topological polar surface area (TPSA) is 69.2 Å². The smallest absolute Gasteiger partial charge is 0.243 e. The summed E-state index contributed by atoms with van der Waals surface area (Å²) in [6, 6.07) is 6.81. The van der Waals surface area contributed by atoms with Crippen LogP contribution >= 0.6 is 0 Å². The molecule has 2 rings (SSSR count). The molecule has 7 nitrogen and oxygen atoms in total. The number of nitrogens with zero attached hydrogens (tertiary/aromatic N) is 3. The molecule has 1 aliphatic rings. The summed E-state index contributed by atoms with van der Waals surface area (Å²) in [5.41, 5.74) is 2.34. The minimum atomic E-state index is -0.00887. The molecular formula is C22H37N5O2. The van der Waals surface area contributed by atoms with Gasteiger partial charge in [-0.05, 0) is 56.5 Å². The lowest BCUT2D eigenvalue weighted by molar-refractivity contribution is -0.127. The number of likely N-dealkylation sites (N-methyl/N-ethyl adjacent to an activating group) is 2. The Hall–Kier alpha value is -2.28. The summed E-state index contributed by atoms with van der Waals surface area (Å²) in [7, 11) is 5.20. The molecule has 1 saturated heterocycles. The highest BCUT2D eigenvalue weighted by Crippen LogP contribution is 2.19. The first-order chi connectivity index (χ1) is 13.9. The lowest BCUT2D eigenvalue weighted by Gasteiger charge is -2.24. The van der Waals surface area contributed by atoms with Crippen molar-refractivity contribution in [3.8, 4) is 5.75 Å². The Morgan fingerprint density at radius 2 is 2.14 bits per heavy atom. The van der Waals surface area contributed by atoms with Gasteiger partial charge in [0.05, 0.1) is 7.11 Å². The van der Waals surface area contributed by atoms with Crippen LogP contribution in [0.5, 0.6) is 5.75 Å². The van der Waals surface area contributed by atoms with Gasteiger partial charge in [0, 0.05) is 33.2 Å². The van der Waals surface area contributed by atoms with E-state index in [0.29, 0.717) is 12.0 Å². The molecule has 1 atom stereocenters. The van der Waals surface area contributed by atoms with Crippen LogP contribution in [0.4, 0.5) is 0 Å². The number of nitrogens with one attached hydrogen (secondary N) is 2. The van der Waals surface area contributed by atoms with E-state index < -0.39 is 0 Å². The van der Waals surface area contributed by atoms with Crippen molar-refractivity contribution >= 4 is 11.9 Å². The van der Waals surface area contributed by atoms with Gasteiger partial charge in [0.25, 0.3) is 0 Å². The van der Waals surface area contributed by atoms with Gasteiger partial charge in [0.2, 0.25) is 5.91 Å². The molecule has 29 heavy (non-hydrogen) atoms. The monoisotopic (exact) mass is 403 g/mol. The number of benzene rings is 1. The average molecular weight is 404 g/mol. The maximum absolute atomic E-state index is 11.9. The third-order valence-corrected chi connectivity index (χ3v) is 5.46. The Bertz CT molecular complexity index is 690. The van der Waals surface area contributed by atoms with Crippen molar-refractivity contribution in [1.82, 2.24) is 20.4 Å². The van der Waals surface area contributed by atoms with E-state index in [0.717, 1.165) is 43.9 Å². The van der Waals surface area contributed by atoms with Crippen molar-refractivity contribution in [2.24, 2.45) is 4.99 Å². The van der Waals surface area contributed by atoms with Crippen LogP contribution in [0.3, 0.4) is 0 Å². The SMILES string of the molecule is CCN1CCCC1CNC(=NCC(=O)N(C)C)NCCc1ccc(C)c(OC)c1. The second kappa shape index (κ2) is 11.7. The van der Waals surface area contributed by atoms with Crippen molar-refractivity contribution in [3.63, 3.8) is 0 Å². The molecule has 7 heteroatoms. The second-order valence-corrected chi connectivity index (χ2v) is 7.74. The molecule has 1 aromatic carbocycles. The molecule has 1 aromatic rings. The summed E-state index contributed by atoms with van der Waals surface area (Å²) in [5, 5.41) is 6.82. The van der Waals surface area contributed by atoms with Crippen LogP contribution in [0.2, 0.25) is 0 Å². The summed E-state index contributed by atoms with van der Waals surface area (Å²) in [6.07, 6.45) is 3.30. The molecule has 1 aliphatic heterocycles. The van der Waals surface area contributed by atoms with Crippen LogP contribution in [-0.2, 0) is 11.2 Å². The fraction of sp³-hybridized carbons (Fsp3) is 0.636. The van der Waals surface area contributed by atoms with E-state index in [1.807, 2.05) is 6.92 Å². The fourth-order valence-electron chi connectivity index (χ4n) is 3.56. The van der Waals surface area contributed by atoms with E-state index in [4.69, 9.17) is 4.74 Å². The van der Waals surface area contributed by atoms with Crippen LogP contribution in [0, 0.1) is 6.92 Å². The Labute approximate surface area is 175 Å². The number of methoxy groups -OCH3 is 1. The maximum atomic E-state index is 11.9. The highest BCUT2D eigenvalue weighted by Gasteiger charge is 2.22. The van der Waals surface area contributed by atoms with E-state index in [9.17, 15) is 4.79 Å². The average Bonchev–Trinajstić information content (AvgIpc) is 3.17. The van der Waals surface area contributed by atoms with Crippen molar-refractivity contribution in [2.45, 2.75) is 39.2 Å². The summed E-state index contributed by atoms with van der Waals surface area (Å²) in [4.78, 5) is 20.5. The van der Waals surface area contributed by atoms with Gasteiger partial charge in [-0.2, -0.15) is 0 Å². The maximum Gasteiger partial charge on any atom is 0.243 e. The predicted molar refractivity (Wildman–Crippen MR) is 119 cm³/mol. The normalized spacial score (nSPS) is 17.3. The minimum Gasteiger partial charge on any atom is -0.496 e. The Balaban J connectivity index is 1.93. The highest BCUT2D eigenvalue weighted by atomic mass is 16.5. The summed E-state index contributed by atoms with van der Waals surface area (Å²) in [5.74, 6) is 1.60. The molecule has 1 unspecified atom stereocenters. The van der Waals surface area contributed by atoms with Gasteiger partial charge in [0.1, 0.15) is 12.3 Å². The number of aliphatic imine (C=N–C) groups is 1. The summed E-state index contributed by atoms with van der Waals surface area (Å²) in [6.45, 7) is 8.20. The number of rotatable bonds is 9. The molecule has 1 amide bonds. The number of hydrogen-bond donors (Lipinski definition) is 2.